The van der Waals surface area contributed by atoms with E-state index in [0.29, 0.717) is 50.5 Å². The molecule has 2 aliphatic heterocycles. The fourth-order valence-electron chi connectivity index (χ4n) is 4.28. The van der Waals surface area contributed by atoms with Gasteiger partial charge in [-0.1, -0.05) is 6.92 Å². The zero-order chi connectivity index (χ0) is 22.0. The summed E-state index contributed by atoms with van der Waals surface area (Å²) >= 11 is 0. The Bertz CT molecular complexity index is 1040. The van der Waals surface area contributed by atoms with Crippen LogP contribution in [0.1, 0.15) is 25.3 Å². The van der Waals surface area contributed by atoms with E-state index < -0.39 is 10.0 Å². The predicted molar refractivity (Wildman–Crippen MR) is 121 cm³/mol. The van der Waals surface area contributed by atoms with E-state index >= 15 is 0 Å². The zero-order valence-electron chi connectivity index (χ0n) is 18.1. The number of amides is 1. The molecule has 2 heterocycles. The number of hydrogen-bond donors (Lipinski definition) is 0. The molecule has 7 nitrogen and oxygen atoms in total. The second-order valence-corrected chi connectivity index (χ2v) is 9.86. The molecule has 0 bridgehead atoms. The van der Waals surface area contributed by atoms with Gasteiger partial charge in [0.2, 0.25) is 15.9 Å². The Morgan fingerprint density at radius 2 is 1.71 bits per heavy atom. The normalized spacial score (nSPS) is 17.0. The Morgan fingerprint density at radius 3 is 2.35 bits per heavy atom. The van der Waals surface area contributed by atoms with Crippen molar-refractivity contribution in [3.05, 3.63) is 48.0 Å². The standard InChI is InChI=1S/C23H29N3O4S/c1-3-4-23(27)26-12-11-18-17-21(9-10-22(18)26)31(28,29)25-15-13-24(14-16-25)19-5-7-20(30-2)8-6-19/h5-10,17H,3-4,11-16H2,1-2H3. The highest BCUT2D eigenvalue weighted by molar-refractivity contribution is 7.89. The minimum atomic E-state index is -3.56. The van der Waals surface area contributed by atoms with Crippen LogP contribution in [0.5, 0.6) is 5.75 Å². The van der Waals surface area contributed by atoms with Gasteiger partial charge in [0.05, 0.1) is 12.0 Å². The zero-order valence-corrected chi connectivity index (χ0v) is 18.9. The molecular formula is C23H29N3O4S. The second kappa shape index (κ2) is 8.88. The molecule has 8 heteroatoms. The number of carbonyl (C=O) groups excluding carboxylic acids is 1. The molecule has 4 rings (SSSR count). The topological polar surface area (TPSA) is 70.2 Å². The molecule has 0 unspecified atom stereocenters. The van der Waals surface area contributed by atoms with Gasteiger partial charge in [-0.3, -0.25) is 4.79 Å². The average Bonchev–Trinajstić information content (AvgIpc) is 3.23. The molecule has 0 spiro atoms. The highest BCUT2D eigenvalue weighted by Crippen LogP contribution is 2.32. The number of nitrogens with zero attached hydrogens (tertiary/aromatic N) is 3. The van der Waals surface area contributed by atoms with E-state index in [-0.39, 0.29) is 5.91 Å². The largest absolute Gasteiger partial charge is 0.497 e. The van der Waals surface area contributed by atoms with Gasteiger partial charge in [0.1, 0.15) is 5.75 Å². The SMILES string of the molecule is CCCC(=O)N1CCc2cc(S(=O)(=O)N3CCN(c4ccc(OC)cc4)CC3)ccc21. The molecule has 1 saturated heterocycles. The molecule has 166 valence electrons. The number of rotatable bonds is 6. The van der Waals surface area contributed by atoms with Crippen molar-refractivity contribution in [1.29, 1.82) is 0 Å². The quantitative estimate of drug-likeness (QED) is 0.687. The molecular weight excluding hydrogens is 414 g/mol. The molecule has 0 atom stereocenters. The van der Waals surface area contributed by atoms with Crippen LogP contribution in [0.4, 0.5) is 11.4 Å². The highest BCUT2D eigenvalue weighted by Gasteiger charge is 2.31. The van der Waals surface area contributed by atoms with Gasteiger partial charge in [0.25, 0.3) is 0 Å². The summed E-state index contributed by atoms with van der Waals surface area (Å²) in [5.74, 6) is 0.906. The maximum Gasteiger partial charge on any atom is 0.243 e. The molecule has 1 amide bonds. The molecule has 0 radical (unpaired) electrons. The van der Waals surface area contributed by atoms with Crippen molar-refractivity contribution in [3.8, 4) is 5.75 Å². The smallest absolute Gasteiger partial charge is 0.243 e. The Balaban J connectivity index is 1.45. The first kappa shape index (κ1) is 21.6. The van der Waals surface area contributed by atoms with Gasteiger partial charge in [-0.2, -0.15) is 4.31 Å². The predicted octanol–water partition coefficient (Wildman–Crippen LogP) is 2.90. The summed E-state index contributed by atoms with van der Waals surface area (Å²) in [6.07, 6.45) is 2.01. The number of benzene rings is 2. The maximum atomic E-state index is 13.2. The Hall–Kier alpha value is -2.58. The second-order valence-electron chi connectivity index (χ2n) is 7.93. The van der Waals surface area contributed by atoms with Crippen LogP contribution >= 0.6 is 0 Å². The van der Waals surface area contributed by atoms with Crippen LogP contribution in [0, 0.1) is 0 Å². The van der Waals surface area contributed by atoms with Crippen LogP contribution in [0.25, 0.3) is 0 Å². The molecule has 0 saturated carbocycles. The van der Waals surface area contributed by atoms with E-state index in [4.69, 9.17) is 4.74 Å². The lowest BCUT2D eigenvalue weighted by Gasteiger charge is -2.35. The first-order chi connectivity index (χ1) is 14.9. The van der Waals surface area contributed by atoms with Crippen LogP contribution in [0.3, 0.4) is 0 Å². The molecule has 0 aliphatic carbocycles. The van der Waals surface area contributed by atoms with Crippen molar-refractivity contribution in [1.82, 2.24) is 4.31 Å². The molecule has 2 aromatic rings. The fourth-order valence-corrected chi connectivity index (χ4v) is 5.75. The summed E-state index contributed by atoms with van der Waals surface area (Å²) < 4.78 is 33.2. The number of hydrogen-bond acceptors (Lipinski definition) is 5. The Labute approximate surface area is 184 Å². The number of ether oxygens (including phenoxy) is 1. The van der Waals surface area contributed by atoms with Crippen LogP contribution in [-0.2, 0) is 21.2 Å². The number of carbonyl (C=O) groups is 1. The Morgan fingerprint density at radius 1 is 1.00 bits per heavy atom. The lowest BCUT2D eigenvalue weighted by Crippen LogP contribution is -2.48. The summed E-state index contributed by atoms with van der Waals surface area (Å²) in [6.45, 7) is 4.75. The number of piperazine rings is 1. The van der Waals surface area contributed by atoms with Gasteiger partial charge in [0, 0.05) is 50.5 Å². The number of sulfonamides is 1. The lowest BCUT2D eigenvalue weighted by atomic mass is 10.2. The van der Waals surface area contributed by atoms with E-state index in [1.807, 2.05) is 31.2 Å². The summed E-state index contributed by atoms with van der Waals surface area (Å²) in [6, 6.07) is 13.0. The summed E-state index contributed by atoms with van der Waals surface area (Å²) in [5, 5.41) is 0. The van der Waals surface area contributed by atoms with Crippen molar-refractivity contribution < 1.29 is 17.9 Å². The van der Waals surface area contributed by atoms with Crippen molar-refractivity contribution in [2.45, 2.75) is 31.1 Å². The van der Waals surface area contributed by atoms with Crippen molar-refractivity contribution in [2.24, 2.45) is 0 Å². The van der Waals surface area contributed by atoms with Crippen LogP contribution in [-0.4, -0.2) is 58.5 Å². The van der Waals surface area contributed by atoms with Crippen molar-refractivity contribution in [2.75, 3.05) is 49.6 Å². The van der Waals surface area contributed by atoms with Gasteiger partial charge >= 0.3 is 0 Å². The van der Waals surface area contributed by atoms with Gasteiger partial charge < -0.3 is 14.5 Å². The van der Waals surface area contributed by atoms with E-state index in [2.05, 4.69) is 4.90 Å². The fraction of sp³-hybridized carbons (Fsp3) is 0.435. The average molecular weight is 444 g/mol. The molecule has 2 aliphatic rings. The number of anilines is 2. The number of methoxy groups -OCH3 is 1. The van der Waals surface area contributed by atoms with Gasteiger partial charge in [0.15, 0.2) is 0 Å². The van der Waals surface area contributed by atoms with E-state index in [1.165, 1.54) is 0 Å². The van der Waals surface area contributed by atoms with E-state index in [9.17, 15) is 13.2 Å². The Kier molecular flexibility index (Phi) is 6.20. The molecule has 0 N–H and O–H groups in total. The molecule has 1 fully saturated rings. The van der Waals surface area contributed by atoms with E-state index in [1.54, 1.807) is 34.5 Å². The summed E-state index contributed by atoms with van der Waals surface area (Å²) in [5.41, 5.74) is 2.84. The first-order valence-electron chi connectivity index (χ1n) is 10.8. The third-order valence-electron chi connectivity index (χ3n) is 6.03. The first-order valence-corrected chi connectivity index (χ1v) is 12.2. The summed E-state index contributed by atoms with van der Waals surface area (Å²) in [7, 11) is -1.93. The van der Waals surface area contributed by atoms with Crippen molar-refractivity contribution >= 4 is 27.3 Å². The maximum absolute atomic E-state index is 13.2. The molecule has 31 heavy (non-hydrogen) atoms. The van der Waals surface area contributed by atoms with Crippen molar-refractivity contribution in [3.63, 3.8) is 0 Å². The third-order valence-corrected chi connectivity index (χ3v) is 7.92. The van der Waals surface area contributed by atoms with Gasteiger partial charge in [-0.15, -0.1) is 0 Å². The summed E-state index contributed by atoms with van der Waals surface area (Å²) in [4.78, 5) is 16.6. The number of fused-ring (bicyclic) bond motifs is 1. The van der Waals surface area contributed by atoms with E-state index in [0.717, 1.165) is 29.1 Å². The molecule has 2 aromatic carbocycles. The van der Waals surface area contributed by atoms with Crippen LogP contribution in [0.15, 0.2) is 47.4 Å². The minimum absolute atomic E-state index is 0.103. The van der Waals surface area contributed by atoms with Crippen LogP contribution in [0.2, 0.25) is 0 Å². The highest BCUT2D eigenvalue weighted by atomic mass is 32.2. The lowest BCUT2D eigenvalue weighted by molar-refractivity contribution is -0.118. The monoisotopic (exact) mass is 443 g/mol. The van der Waals surface area contributed by atoms with Gasteiger partial charge in [-0.05, 0) is 60.9 Å². The third kappa shape index (κ3) is 4.27. The minimum Gasteiger partial charge on any atom is -0.497 e. The van der Waals surface area contributed by atoms with Crippen LogP contribution < -0.4 is 14.5 Å². The molecule has 0 aromatic heterocycles. The van der Waals surface area contributed by atoms with Gasteiger partial charge in [-0.25, -0.2) is 8.42 Å².